The van der Waals surface area contributed by atoms with Gasteiger partial charge in [0, 0.05) is 12.8 Å². The summed E-state index contributed by atoms with van der Waals surface area (Å²) < 4.78 is 37.5. The molecule has 1 aliphatic carbocycles. The van der Waals surface area contributed by atoms with Gasteiger partial charge in [-0.1, -0.05) is 42.2 Å². The summed E-state index contributed by atoms with van der Waals surface area (Å²) in [6, 6.07) is 4.94. The number of hydrogen-bond acceptors (Lipinski definition) is 0. The fourth-order valence-corrected chi connectivity index (χ4v) is 2.16. The van der Waals surface area contributed by atoms with Gasteiger partial charge >= 0.3 is 6.18 Å². The maximum absolute atomic E-state index is 12.5. The van der Waals surface area contributed by atoms with Crippen LogP contribution in [0.5, 0.6) is 0 Å². The summed E-state index contributed by atoms with van der Waals surface area (Å²) in [6.07, 6.45) is 2.62. The van der Waals surface area contributed by atoms with Gasteiger partial charge < -0.3 is 0 Å². The third kappa shape index (κ3) is 3.68. The van der Waals surface area contributed by atoms with Crippen LogP contribution in [0.4, 0.5) is 13.2 Å². The zero-order valence-electron chi connectivity index (χ0n) is 10.5. The normalized spacial score (nSPS) is 20.7. The van der Waals surface area contributed by atoms with Gasteiger partial charge in [0.2, 0.25) is 0 Å². The molecule has 0 aliphatic heterocycles. The summed E-state index contributed by atoms with van der Waals surface area (Å²) in [5.74, 6) is 5.93. The van der Waals surface area contributed by atoms with Crippen molar-refractivity contribution in [1.82, 2.24) is 0 Å². The molecule has 20 heavy (non-hydrogen) atoms. The summed E-state index contributed by atoms with van der Waals surface area (Å²) in [4.78, 5) is 0. The first-order valence-electron chi connectivity index (χ1n) is 6.12. The molecule has 0 heterocycles. The molecule has 0 nitrogen and oxygen atoms in total. The van der Waals surface area contributed by atoms with Crippen molar-refractivity contribution in [2.24, 2.45) is 0 Å². The molecule has 1 aromatic carbocycles. The molecule has 0 bridgehead atoms. The highest BCUT2D eigenvalue weighted by atomic mass is 35.5. The summed E-state index contributed by atoms with van der Waals surface area (Å²) in [7, 11) is 0. The van der Waals surface area contributed by atoms with Crippen molar-refractivity contribution in [1.29, 1.82) is 0 Å². The van der Waals surface area contributed by atoms with Gasteiger partial charge in [0.15, 0.2) is 0 Å². The van der Waals surface area contributed by atoms with Crippen LogP contribution in [-0.2, 0) is 6.18 Å². The van der Waals surface area contributed by atoms with Gasteiger partial charge in [0.05, 0.1) is 10.9 Å². The van der Waals surface area contributed by atoms with Gasteiger partial charge in [0.25, 0.3) is 0 Å². The number of benzene rings is 1. The monoisotopic (exact) mass is 296 g/mol. The van der Waals surface area contributed by atoms with E-state index in [1.165, 1.54) is 12.1 Å². The summed E-state index contributed by atoms with van der Waals surface area (Å²) in [6.45, 7) is 0. The van der Waals surface area contributed by atoms with Gasteiger partial charge in [0.1, 0.15) is 0 Å². The Labute approximate surface area is 120 Å². The zero-order chi connectivity index (χ0) is 14.6. The Morgan fingerprint density at radius 1 is 1.05 bits per heavy atom. The lowest BCUT2D eigenvalue weighted by Gasteiger charge is -2.13. The topological polar surface area (TPSA) is 0 Å². The van der Waals surface area contributed by atoms with E-state index in [9.17, 15) is 13.2 Å². The van der Waals surface area contributed by atoms with Crippen molar-refractivity contribution in [2.45, 2.75) is 24.4 Å². The minimum Gasteiger partial charge on any atom is -0.166 e. The minimum absolute atomic E-state index is 0.464. The first-order valence-corrected chi connectivity index (χ1v) is 6.55. The summed E-state index contributed by atoms with van der Waals surface area (Å²) >= 11 is 6.33. The van der Waals surface area contributed by atoms with Crippen molar-refractivity contribution in [3.63, 3.8) is 0 Å². The molecule has 1 atom stereocenters. The van der Waals surface area contributed by atoms with Gasteiger partial charge in [-0.15, -0.1) is 11.6 Å². The Morgan fingerprint density at radius 2 is 1.70 bits per heavy atom. The van der Waals surface area contributed by atoms with E-state index in [4.69, 9.17) is 11.6 Å². The van der Waals surface area contributed by atoms with E-state index >= 15 is 0 Å². The molecule has 0 amide bonds. The second-order valence-corrected chi connectivity index (χ2v) is 4.79. The summed E-state index contributed by atoms with van der Waals surface area (Å²) in [5, 5.41) is -0.464. The van der Waals surface area contributed by atoms with Crippen molar-refractivity contribution in [3.05, 3.63) is 59.2 Å². The van der Waals surface area contributed by atoms with Crippen LogP contribution in [-0.4, -0.2) is 0 Å². The van der Waals surface area contributed by atoms with E-state index in [1.54, 1.807) is 0 Å². The first-order chi connectivity index (χ1) is 9.48. The van der Waals surface area contributed by atoms with Gasteiger partial charge in [-0.2, -0.15) is 13.2 Å². The molecule has 1 unspecified atom stereocenters. The predicted molar refractivity (Wildman–Crippen MR) is 74.3 cm³/mol. The number of halogens is 4. The Morgan fingerprint density at radius 3 is 2.35 bits per heavy atom. The highest BCUT2D eigenvalue weighted by molar-refractivity contribution is 6.22. The van der Waals surface area contributed by atoms with Crippen molar-refractivity contribution < 1.29 is 13.2 Å². The van der Waals surface area contributed by atoms with Gasteiger partial charge in [-0.3, -0.25) is 0 Å². The predicted octanol–water partition coefficient (Wildman–Crippen LogP) is 5.27. The number of rotatable bonds is 2. The van der Waals surface area contributed by atoms with E-state index in [0.717, 1.165) is 17.7 Å². The van der Waals surface area contributed by atoms with Crippen LogP contribution in [0.3, 0.4) is 0 Å². The fourth-order valence-electron chi connectivity index (χ4n) is 1.86. The van der Waals surface area contributed by atoms with E-state index in [2.05, 4.69) is 11.8 Å². The van der Waals surface area contributed by atoms with Crippen LogP contribution in [0.2, 0.25) is 0 Å². The van der Waals surface area contributed by atoms with Gasteiger partial charge in [-0.25, -0.2) is 0 Å². The molecule has 0 saturated carbocycles. The molecule has 104 valence electrons. The van der Waals surface area contributed by atoms with Crippen molar-refractivity contribution >= 4 is 11.6 Å². The standard InChI is InChI=1S/C16H12ClF3/c17-15(12-6-4-2-1-3-5-7-12)13-8-10-14(11-9-13)16(18,19)20/h4,6-11,15H,2,5H2/b6-4-,12-7+. The van der Waals surface area contributed by atoms with Crippen LogP contribution in [0, 0.1) is 11.8 Å². The maximum atomic E-state index is 12.5. The Hall–Kier alpha value is -1.66. The highest BCUT2D eigenvalue weighted by Crippen LogP contribution is 2.34. The van der Waals surface area contributed by atoms with Gasteiger partial charge in [-0.05, 0) is 23.3 Å². The molecule has 4 heteroatoms. The molecule has 0 aromatic heterocycles. The number of alkyl halides is 4. The lowest BCUT2D eigenvalue weighted by Crippen LogP contribution is -2.05. The molecular weight excluding hydrogens is 285 g/mol. The third-order valence-corrected chi connectivity index (χ3v) is 3.42. The third-order valence-electron chi connectivity index (χ3n) is 2.92. The van der Waals surface area contributed by atoms with E-state index < -0.39 is 17.1 Å². The van der Waals surface area contributed by atoms with Crippen LogP contribution >= 0.6 is 11.6 Å². The SMILES string of the molecule is FC(F)(F)c1ccc(C(Cl)C2=C/CC#CC/C=C\2)cc1. The van der Waals surface area contributed by atoms with Crippen LogP contribution in [0.1, 0.15) is 29.3 Å². The Balaban J connectivity index is 2.21. The average molecular weight is 297 g/mol. The minimum atomic E-state index is -4.32. The Kier molecular flexibility index (Phi) is 4.57. The molecule has 0 N–H and O–H groups in total. The van der Waals surface area contributed by atoms with Crippen molar-refractivity contribution in [2.75, 3.05) is 0 Å². The van der Waals surface area contributed by atoms with Crippen molar-refractivity contribution in [3.8, 4) is 11.8 Å². The molecule has 0 spiro atoms. The molecular formula is C16H12ClF3. The average Bonchev–Trinajstić information content (AvgIpc) is 2.37. The van der Waals surface area contributed by atoms with Crippen LogP contribution < -0.4 is 0 Å². The smallest absolute Gasteiger partial charge is 0.166 e. The first kappa shape index (κ1) is 14.7. The zero-order valence-corrected chi connectivity index (χ0v) is 11.3. The fraction of sp³-hybridized carbons (Fsp3) is 0.250. The molecule has 0 radical (unpaired) electrons. The van der Waals surface area contributed by atoms with E-state index in [-0.39, 0.29) is 0 Å². The lowest BCUT2D eigenvalue weighted by atomic mass is 10.0. The highest BCUT2D eigenvalue weighted by Gasteiger charge is 2.30. The second-order valence-electron chi connectivity index (χ2n) is 4.35. The lowest BCUT2D eigenvalue weighted by molar-refractivity contribution is -0.137. The van der Waals surface area contributed by atoms with E-state index in [0.29, 0.717) is 18.4 Å². The maximum Gasteiger partial charge on any atom is 0.416 e. The second kappa shape index (κ2) is 6.19. The Bertz CT molecular complexity index is 583. The molecule has 1 aromatic rings. The van der Waals surface area contributed by atoms with Crippen LogP contribution in [0.25, 0.3) is 0 Å². The number of allylic oxidation sites excluding steroid dienone is 4. The van der Waals surface area contributed by atoms with E-state index in [1.807, 2.05) is 18.2 Å². The largest absolute Gasteiger partial charge is 0.416 e. The van der Waals surface area contributed by atoms with Crippen LogP contribution in [0.15, 0.2) is 48.1 Å². The summed E-state index contributed by atoms with van der Waals surface area (Å²) in [5.41, 5.74) is 0.836. The number of hydrogen-bond donors (Lipinski definition) is 0. The quantitative estimate of drug-likeness (QED) is 0.515. The molecule has 1 aliphatic rings. The molecule has 0 fully saturated rings. The molecule has 2 rings (SSSR count). The molecule has 0 saturated heterocycles.